The number of aryl methyl sites for hydroxylation is 1. The summed E-state index contributed by atoms with van der Waals surface area (Å²) in [6.45, 7) is 11.4. The SMILES string of the molecule is CC.CC.CC.CCn1nc(C(F)(F)F)c2c1C(F)(F)CC2.CS(=O)N(C(=O)OCCN(CC(=O)O)C(=O)OCOP(O)O)c1nn(CC(F)(F)F)c2c(-c3ccc(C#CC(C)(C)S(C)=O)nc3C(Cc3cc(F)cc(F)c3)NC=O)ccc(Cl)c12. The van der Waals surface area contributed by atoms with Gasteiger partial charge in [-0.15, -0.1) is 0 Å². The van der Waals surface area contributed by atoms with E-state index in [0.29, 0.717) is 20.0 Å². The normalized spacial score (nSPS) is 13.5. The van der Waals surface area contributed by atoms with Crippen molar-refractivity contribution in [3.05, 3.63) is 93.0 Å². The number of hydrogen-bond acceptors (Lipinski definition) is 14. The number of carboxylic acid groups (broad SMARTS) is 1. The van der Waals surface area contributed by atoms with E-state index in [2.05, 4.69) is 41.6 Å². The number of amides is 3. The maximum Gasteiger partial charge on any atom is 0.435 e. The lowest BCUT2D eigenvalue weighted by Gasteiger charge is -2.22. The second-order valence-electron chi connectivity index (χ2n) is 17.3. The van der Waals surface area contributed by atoms with E-state index in [-0.39, 0.29) is 69.8 Å². The maximum absolute atomic E-state index is 14.3. The van der Waals surface area contributed by atoms with E-state index < -0.39 is 151 Å². The number of benzene rings is 2. The number of nitrogens with zero attached hydrogens (tertiary/aromatic N) is 7. The number of alkyl halides is 8. The summed E-state index contributed by atoms with van der Waals surface area (Å²) < 4.78 is 176. The molecule has 478 valence electrons. The molecule has 3 atom stereocenters. The third kappa shape index (κ3) is 20.9. The molecular weight excluding hydrogens is 1250 g/mol. The van der Waals surface area contributed by atoms with Crippen molar-refractivity contribution in [1.82, 2.24) is 34.8 Å². The lowest BCUT2D eigenvalue weighted by Crippen LogP contribution is -2.40. The highest BCUT2D eigenvalue weighted by atomic mass is 35.5. The van der Waals surface area contributed by atoms with E-state index >= 15 is 0 Å². The van der Waals surface area contributed by atoms with Crippen molar-refractivity contribution in [1.29, 1.82) is 0 Å². The van der Waals surface area contributed by atoms with Crippen molar-refractivity contribution in [3.63, 3.8) is 0 Å². The molecule has 6 rings (SSSR count). The topological polar surface area (TPSA) is 258 Å². The quantitative estimate of drug-likeness (QED) is 0.0197. The summed E-state index contributed by atoms with van der Waals surface area (Å²) in [5.74, 6) is -1.72. The lowest BCUT2D eigenvalue weighted by atomic mass is 9.94. The molecule has 0 aliphatic heterocycles. The second kappa shape index (κ2) is 33.6. The van der Waals surface area contributed by atoms with Crippen LogP contribution >= 0.6 is 20.2 Å². The molecule has 5 aromatic rings. The molecule has 3 heterocycles. The maximum atomic E-state index is 14.3. The Morgan fingerprint density at radius 3 is 2.05 bits per heavy atom. The van der Waals surface area contributed by atoms with Crippen molar-refractivity contribution < 1.29 is 100 Å². The zero-order valence-corrected chi connectivity index (χ0v) is 51.4. The van der Waals surface area contributed by atoms with Crippen molar-refractivity contribution in [2.45, 2.75) is 124 Å². The standard InChI is InChI=1S/C37H37ClF5N6O12PS2.C9H9F5N2.3C2H6/c1-36(2,63(3)57)10-9-24-5-6-25(31(45-24)28(44-19-50)15-21-13-22(39)16-23(40)14-21)26-7-8-27(38)30-32(26)48(18-37(41,42)43)46-33(30)49(64(4)58)35(54)59-12-11-47(17-29(51)52)34(53)60-20-61-62(55)56;1-2-16-7-5(3-4-8(7,10)11)6(15-16)9(12,13)14;3*1-2/h5-8,13-14,16,19,28,55-56H,11-12,15,17-18,20H2,1-4H3,(H,44,50)(H,51,52);2-4H2,1H3;3*1-2H3. The Hall–Kier alpha value is -6.49. The van der Waals surface area contributed by atoms with Gasteiger partial charge in [-0.3, -0.25) is 32.6 Å². The first-order valence-corrected chi connectivity index (χ1v) is 30.4. The van der Waals surface area contributed by atoms with Crippen molar-refractivity contribution in [2.75, 3.05) is 43.3 Å². The highest BCUT2D eigenvalue weighted by Crippen LogP contribution is 2.47. The van der Waals surface area contributed by atoms with E-state index in [1.807, 2.05) is 41.5 Å². The average Bonchev–Trinajstić information content (AvgIpc) is 1.79. The van der Waals surface area contributed by atoms with Crippen LogP contribution in [-0.4, -0.2) is 127 Å². The van der Waals surface area contributed by atoms with Gasteiger partial charge in [-0.2, -0.15) is 49.6 Å². The zero-order chi connectivity index (χ0) is 65.8. The number of ether oxygens (including phenoxy) is 2. The minimum Gasteiger partial charge on any atom is -0.480 e. The smallest absolute Gasteiger partial charge is 0.435 e. The number of carbonyl (C=O) groups is 4. The molecular formula is C52H64ClF10N8O12PS2. The number of aliphatic carboxylic acids is 1. The molecule has 0 fully saturated rings. The van der Waals surface area contributed by atoms with Gasteiger partial charge in [-0.05, 0) is 75.4 Å². The summed E-state index contributed by atoms with van der Waals surface area (Å²) in [7, 11) is -6.87. The second-order valence-corrected chi connectivity index (χ2v) is 21.6. The number of anilines is 1. The number of rotatable bonds is 19. The van der Waals surface area contributed by atoms with Crippen LogP contribution in [0.2, 0.25) is 5.02 Å². The predicted octanol–water partition coefficient (Wildman–Crippen LogP) is 11.1. The average molecular weight is 1310 g/mol. The van der Waals surface area contributed by atoms with Crippen LogP contribution in [0.3, 0.4) is 0 Å². The van der Waals surface area contributed by atoms with E-state index in [4.69, 9.17) is 26.1 Å². The number of aromatic nitrogens is 5. The van der Waals surface area contributed by atoms with Gasteiger partial charge in [0.05, 0.1) is 34.2 Å². The van der Waals surface area contributed by atoms with E-state index in [9.17, 15) is 76.6 Å². The Bertz CT molecular complexity index is 3230. The van der Waals surface area contributed by atoms with E-state index in [1.165, 1.54) is 37.4 Å². The number of carbonyl (C=O) groups excluding carboxylic acids is 3. The van der Waals surface area contributed by atoms with Crippen LogP contribution in [0.4, 0.5) is 59.3 Å². The molecule has 0 bridgehead atoms. The fourth-order valence-electron chi connectivity index (χ4n) is 7.74. The summed E-state index contributed by atoms with van der Waals surface area (Å²) in [6.07, 6.45) is -11.0. The number of hydrogen-bond donors (Lipinski definition) is 4. The highest BCUT2D eigenvalue weighted by molar-refractivity contribution is 7.86. The first-order chi connectivity index (χ1) is 40.2. The summed E-state index contributed by atoms with van der Waals surface area (Å²) in [5, 5.41) is 18.3. The molecule has 0 saturated carbocycles. The Labute approximate surface area is 499 Å². The van der Waals surface area contributed by atoms with Crippen LogP contribution in [0, 0.1) is 23.5 Å². The van der Waals surface area contributed by atoms with Crippen LogP contribution in [0.5, 0.6) is 0 Å². The monoisotopic (exact) mass is 1310 g/mol. The minimum absolute atomic E-state index is 0.00575. The van der Waals surface area contributed by atoms with Gasteiger partial charge in [0, 0.05) is 59.0 Å². The number of halogens is 11. The minimum atomic E-state index is -4.99. The molecule has 3 aromatic heterocycles. The zero-order valence-electron chi connectivity index (χ0n) is 48.1. The fourth-order valence-corrected chi connectivity index (χ4v) is 8.95. The van der Waals surface area contributed by atoms with Gasteiger partial charge in [-0.25, -0.2) is 27.6 Å². The van der Waals surface area contributed by atoms with Crippen LogP contribution < -0.4 is 9.62 Å². The highest BCUT2D eigenvalue weighted by Gasteiger charge is 2.50. The number of nitrogens with one attached hydrogen (secondary N) is 1. The van der Waals surface area contributed by atoms with E-state index in [1.54, 1.807) is 13.8 Å². The Morgan fingerprint density at radius 2 is 1.52 bits per heavy atom. The van der Waals surface area contributed by atoms with Crippen LogP contribution in [0.25, 0.3) is 22.0 Å². The Morgan fingerprint density at radius 1 is 0.919 bits per heavy atom. The third-order valence-corrected chi connectivity index (χ3v) is 14.4. The van der Waals surface area contributed by atoms with Crippen LogP contribution in [0.1, 0.15) is 109 Å². The van der Waals surface area contributed by atoms with Crippen LogP contribution in [0.15, 0.2) is 42.5 Å². The van der Waals surface area contributed by atoms with Gasteiger partial charge in [-0.1, -0.05) is 65.1 Å². The first-order valence-electron chi connectivity index (χ1n) is 25.8. The molecule has 1 aliphatic carbocycles. The molecule has 2 aromatic carbocycles. The Balaban J connectivity index is 0.000000964. The summed E-state index contributed by atoms with van der Waals surface area (Å²) in [5.41, 5.74) is -2.65. The predicted molar refractivity (Wildman–Crippen MR) is 301 cm³/mol. The van der Waals surface area contributed by atoms with Gasteiger partial charge < -0.3 is 29.7 Å². The number of fused-ring (bicyclic) bond motifs is 2. The number of carboxylic acids is 1. The van der Waals surface area contributed by atoms with Crippen molar-refractivity contribution >= 4 is 83.3 Å². The third-order valence-electron chi connectivity index (χ3n) is 11.3. The molecule has 0 radical (unpaired) electrons. The van der Waals surface area contributed by atoms with E-state index in [0.717, 1.165) is 23.1 Å². The molecule has 3 amide bonds. The van der Waals surface area contributed by atoms with Gasteiger partial charge in [0.25, 0.3) is 5.92 Å². The molecule has 1 aliphatic rings. The molecule has 34 heteroatoms. The van der Waals surface area contributed by atoms with Crippen molar-refractivity contribution in [3.8, 4) is 23.0 Å². The molecule has 3 unspecified atom stereocenters. The van der Waals surface area contributed by atoms with Gasteiger partial charge in [0.2, 0.25) is 13.2 Å². The molecule has 0 spiro atoms. The van der Waals surface area contributed by atoms with Gasteiger partial charge >= 0.3 is 39.1 Å². The fraction of sp³-hybridized carbons (Fsp3) is 0.481. The van der Waals surface area contributed by atoms with Crippen molar-refractivity contribution in [2.24, 2.45) is 0 Å². The summed E-state index contributed by atoms with van der Waals surface area (Å²) >= 11 is 6.62. The molecule has 86 heavy (non-hydrogen) atoms. The van der Waals surface area contributed by atoms with Crippen LogP contribution in [-0.2, 0) is 83.4 Å². The Kier molecular flexibility index (Phi) is 29.5. The lowest BCUT2D eigenvalue weighted by molar-refractivity contribution is -0.142. The summed E-state index contributed by atoms with van der Waals surface area (Å²) in [6, 6.07) is 6.56. The largest absolute Gasteiger partial charge is 0.480 e. The summed E-state index contributed by atoms with van der Waals surface area (Å²) in [4.78, 5) is 72.2. The molecule has 4 N–H and O–H groups in total. The van der Waals surface area contributed by atoms with Gasteiger partial charge in [0.15, 0.2) is 11.5 Å². The molecule has 0 saturated heterocycles. The first kappa shape index (κ1) is 75.6. The van der Waals surface area contributed by atoms with Gasteiger partial charge in [0.1, 0.15) is 58.5 Å². The molecule has 20 nitrogen and oxygen atoms in total. The number of pyridine rings is 1.